The lowest BCUT2D eigenvalue weighted by Gasteiger charge is -2.39. The summed E-state index contributed by atoms with van der Waals surface area (Å²) in [4.78, 5) is 34.4. The van der Waals surface area contributed by atoms with Gasteiger partial charge in [0.2, 0.25) is 5.91 Å². The van der Waals surface area contributed by atoms with E-state index in [0.29, 0.717) is 59.1 Å². The molecule has 0 unspecified atom stereocenters. The number of carbonyl (C=O) groups excluding carboxylic acids is 1. The molecule has 0 bridgehead atoms. The number of benzene rings is 2. The van der Waals surface area contributed by atoms with Crippen LogP contribution >= 0.6 is 12.6 Å². The summed E-state index contributed by atoms with van der Waals surface area (Å²) in [7, 11) is 1.59. The molecule has 4 aliphatic rings. The van der Waals surface area contributed by atoms with Gasteiger partial charge in [-0.05, 0) is 54.9 Å². The van der Waals surface area contributed by atoms with Gasteiger partial charge in [0, 0.05) is 75.3 Å². The summed E-state index contributed by atoms with van der Waals surface area (Å²) in [6.45, 7) is 3.17. The van der Waals surface area contributed by atoms with Crippen molar-refractivity contribution in [3.05, 3.63) is 84.6 Å². The Morgan fingerprint density at radius 2 is 1.76 bits per heavy atom. The Balaban J connectivity index is 1.12. The second kappa shape index (κ2) is 14.5. The van der Waals surface area contributed by atoms with Crippen LogP contribution in [0.1, 0.15) is 43.7 Å². The predicted molar refractivity (Wildman–Crippen MR) is 188 cm³/mol. The average Bonchev–Trinajstić information content (AvgIpc) is 3.84. The van der Waals surface area contributed by atoms with Crippen molar-refractivity contribution in [1.29, 1.82) is 0 Å². The van der Waals surface area contributed by atoms with E-state index in [4.69, 9.17) is 9.57 Å². The van der Waals surface area contributed by atoms with Gasteiger partial charge in [-0.15, -0.1) is 0 Å². The molecule has 14 heteroatoms. The van der Waals surface area contributed by atoms with Crippen LogP contribution in [0.2, 0.25) is 0 Å². The van der Waals surface area contributed by atoms with Gasteiger partial charge in [-0.3, -0.25) is 9.63 Å². The van der Waals surface area contributed by atoms with Gasteiger partial charge in [0.25, 0.3) is 0 Å². The van der Waals surface area contributed by atoms with Crippen LogP contribution in [-0.2, 0) is 9.63 Å². The first kappa shape index (κ1) is 33.0. The highest BCUT2D eigenvalue weighted by molar-refractivity contribution is 7.80. The molecule has 1 amide bonds. The zero-order valence-electron chi connectivity index (χ0n) is 27.3. The minimum atomic E-state index is -0.654. The van der Waals surface area contributed by atoms with E-state index in [2.05, 4.69) is 72.6 Å². The number of nitrogens with zero attached hydrogens (tertiary/aromatic N) is 6. The van der Waals surface area contributed by atoms with E-state index < -0.39 is 17.7 Å². The number of anilines is 5. The molecule has 7 rings (SSSR count). The van der Waals surface area contributed by atoms with Crippen molar-refractivity contribution < 1.29 is 23.1 Å². The first-order valence-electron chi connectivity index (χ1n) is 16.6. The van der Waals surface area contributed by atoms with E-state index >= 15 is 0 Å². The monoisotopic (exact) mass is 690 g/mol. The summed E-state index contributed by atoms with van der Waals surface area (Å²) in [6.07, 6.45) is 14.4. The lowest BCUT2D eigenvalue weighted by molar-refractivity contribution is -0.115. The maximum atomic E-state index is 14.0. The van der Waals surface area contributed by atoms with Crippen molar-refractivity contribution in [2.45, 2.75) is 50.2 Å². The highest BCUT2D eigenvalue weighted by Gasteiger charge is 2.31. The van der Waals surface area contributed by atoms with Crippen LogP contribution in [0.3, 0.4) is 0 Å². The standard InChI is InChI=1S/C35H40F2N8O3S/c1-47-32-20-31(44-8-4-27(5-9-44)43-12-10-42(11-13-43)26-2-3-26)28(41-35(46)7-15-49)19-29(32)40-33-21-34(39-22-38-33)45-30(6-14-48-45)23-16-24(36)18-25(37)17-23/h4,8,10,12,16-22,26-27,30,49H,2-3,5-7,9,11,13-15H2,1H3,(H,41,46)(H,38,39,40)/t27-,30+/m0/s1. The van der Waals surface area contributed by atoms with E-state index in [1.54, 1.807) is 18.2 Å². The fourth-order valence-corrected chi connectivity index (χ4v) is 6.79. The van der Waals surface area contributed by atoms with Gasteiger partial charge >= 0.3 is 0 Å². The van der Waals surface area contributed by atoms with Crippen molar-refractivity contribution in [2.75, 3.05) is 59.7 Å². The molecule has 49 heavy (non-hydrogen) atoms. The number of hydrogen-bond acceptors (Lipinski definition) is 11. The lowest BCUT2D eigenvalue weighted by atomic mass is 10.0. The number of thiol groups is 1. The van der Waals surface area contributed by atoms with Crippen LogP contribution in [0.15, 0.2) is 67.4 Å². The third-order valence-electron chi connectivity index (χ3n) is 9.22. The number of halogens is 2. The fraction of sp³-hybridized carbons (Fsp3) is 0.400. The summed E-state index contributed by atoms with van der Waals surface area (Å²) < 4.78 is 33.9. The molecule has 3 aliphatic heterocycles. The average molecular weight is 691 g/mol. The normalized spacial score (nSPS) is 20.6. The van der Waals surface area contributed by atoms with Crippen molar-refractivity contribution in [1.82, 2.24) is 19.8 Å². The number of hydrogen-bond donors (Lipinski definition) is 3. The second-order valence-electron chi connectivity index (χ2n) is 12.5. The Kier molecular flexibility index (Phi) is 9.76. The lowest BCUT2D eigenvalue weighted by Crippen LogP contribution is -2.43. The van der Waals surface area contributed by atoms with E-state index in [-0.39, 0.29) is 12.3 Å². The molecular weight excluding hydrogens is 651 g/mol. The van der Waals surface area contributed by atoms with Crippen LogP contribution in [-0.4, -0.2) is 76.9 Å². The molecule has 0 spiro atoms. The quantitative estimate of drug-likeness (QED) is 0.208. The summed E-state index contributed by atoms with van der Waals surface area (Å²) in [6, 6.07) is 9.45. The van der Waals surface area contributed by atoms with Crippen LogP contribution in [0.25, 0.3) is 0 Å². The molecule has 1 aromatic heterocycles. The van der Waals surface area contributed by atoms with Crippen LogP contribution in [0.4, 0.5) is 37.5 Å². The van der Waals surface area contributed by atoms with Crippen LogP contribution in [0, 0.1) is 11.6 Å². The van der Waals surface area contributed by atoms with E-state index in [0.717, 1.165) is 43.9 Å². The van der Waals surface area contributed by atoms with Gasteiger partial charge in [-0.1, -0.05) is 0 Å². The number of amides is 1. The molecule has 2 aromatic carbocycles. The van der Waals surface area contributed by atoms with Gasteiger partial charge in [0.15, 0.2) is 5.82 Å². The Bertz CT molecular complexity index is 1720. The zero-order chi connectivity index (χ0) is 33.9. The smallest absolute Gasteiger partial charge is 0.225 e. The Hall–Kier alpha value is -4.56. The molecule has 4 heterocycles. The molecular formula is C35H40F2N8O3S. The van der Waals surface area contributed by atoms with E-state index in [1.165, 1.54) is 31.3 Å². The highest BCUT2D eigenvalue weighted by Crippen LogP contribution is 2.41. The number of methoxy groups -OCH3 is 1. The maximum Gasteiger partial charge on any atom is 0.225 e. The first-order chi connectivity index (χ1) is 23.9. The molecule has 2 N–H and O–H groups in total. The topological polar surface area (TPSA) is 98.3 Å². The molecule has 1 saturated heterocycles. The number of aromatic nitrogens is 2. The zero-order valence-corrected chi connectivity index (χ0v) is 28.2. The molecule has 2 atom stereocenters. The number of rotatable bonds is 11. The minimum absolute atomic E-state index is 0.153. The second-order valence-corrected chi connectivity index (χ2v) is 13.0. The van der Waals surface area contributed by atoms with Crippen molar-refractivity contribution in [2.24, 2.45) is 0 Å². The van der Waals surface area contributed by atoms with Gasteiger partial charge < -0.3 is 30.1 Å². The summed E-state index contributed by atoms with van der Waals surface area (Å²) >= 11 is 4.24. The highest BCUT2D eigenvalue weighted by atomic mass is 32.1. The molecule has 1 aliphatic carbocycles. The molecule has 3 aromatic rings. The molecule has 1 saturated carbocycles. The van der Waals surface area contributed by atoms with Gasteiger partial charge in [-0.25, -0.2) is 23.8 Å². The largest absolute Gasteiger partial charge is 0.494 e. The number of carbonyl (C=O) groups is 1. The van der Waals surface area contributed by atoms with E-state index in [9.17, 15) is 13.6 Å². The summed E-state index contributed by atoms with van der Waals surface area (Å²) in [5.41, 5.74) is 2.44. The number of nitrogens with one attached hydrogen (secondary N) is 2. The number of ether oxygens (including phenoxy) is 1. The maximum absolute atomic E-state index is 14.0. The third kappa shape index (κ3) is 7.54. The van der Waals surface area contributed by atoms with Gasteiger partial charge in [0.1, 0.15) is 29.5 Å². The molecule has 0 radical (unpaired) electrons. The molecule has 258 valence electrons. The molecule has 2 fully saturated rings. The van der Waals surface area contributed by atoms with Gasteiger partial charge in [-0.2, -0.15) is 12.6 Å². The Morgan fingerprint density at radius 3 is 2.45 bits per heavy atom. The third-order valence-corrected chi connectivity index (χ3v) is 9.44. The minimum Gasteiger partial charge on any atom is -0.494 e. The summed E-state index contributed by atoms with van der Waals surface area (Å²) in [5, 5.41) is 7.91. The molecule has 11 nitrogen and oxygen atoms in total. The van der Waals surface area contributed by atoms with Gasteiger partial charge in [0.05, 0.1) is 42.9 Å². The fourth-order valence-electron chi connectivity index (χ4n) is 6.59. The Labute approximate surface area is 289 Å². The predicted octanol–water partition coefficient (Wildman–Crippen LogP) is 5.99. The first-order valence-corrected chi connectivity index (χ1v) is 17.3. The van der Waals surface area contributed by atoms with Crippen molar-refractivity contribution in [3.63, 3.8) is 0 Å². The van der Waals surface area contributed by atoms with Crippen molar-refractivity contribution in [3.8, 4) is 5.75 Å². The Morgan fingerprint density at radius 1 is 0.959 bits per heavy atom. The number of hydroxylamine groups is 1. The van der Waals surface area contributed by atoms with E-state index in [1.807, 2.05) is 12.1 Å². The van der Waals surface area contributed by atoms with Crippen LogP contribution < -0.4 is 25.3 Å². The van der Waals surface area contributed by atoms with Crippen molar-refractivity contribution >= 4 is 47.2 Å². The van der Waals surface area contributed by atoms with Crippen LogP contribution in [0.5, 0.6) is 5.75 Å². The summed E-state index contributed by atoms with van der Waals surface area (Å²) in [5.74, 6) is 0.347. The SMILES string of the molecule is COc1cc(N2C=C[C@H](N3C=CN(C4CC4)CC3)CC2)c(NC(=O)CCS)cc1Nc1cc(N2OCC[C@@H]2c2cc(F)cc(F)c2)ncn1.